The van der Waals surface area contributed by atoms with Gasteiger partial charge in [-0.15, -0.1) is 0 Å². The molecule has 6 heteroatoms. The second-order valence-electron chi connectivity index (χ2n) is 5.09. The molecule has 2 N–H and O–H groups in total. The van der Waals surface area contributed by atoms with Crippen LogP contribution in [0.4, 0.5) is 13.2 Å². The zero-order valence-electron chi connectivity index (χ0n) is 11.1. The molecule has 3 nitrogen and oxygen atoms in total. The third kappa shape index (κ3) is 3.30. The summed E-state index contributed by atoms with van der Waals surface area (Å²) in [6, 6.07) is 4.78. The van der Waals surface area contributed by atoms with E-state index in [1.54, 1.807) is 0 Å². The molecule has 0 aliphatic carbocycles. The van der Waals surface area contributed by atoms with Crippen molar-refractivity contribution in [1.29, 1.82) is 0 Å². The van der Waals surface area contributed by atoms with E-state index in [4.69, 9.17) is 0 Å². The quantitative estimate of drug-likeness (QED) is 0.876. The SMILES string of the molecule is C[C@H]1CNCC[C@@H]1NC(=O)c1ccccc1C(F)(F)F. The first kappa shape index (κ1) is 14.8. The Bertz CT molecular complexity index is 488. The summed E-state index contributed by atoms with van der Waals surface area (Å²) < 4.78 is 38.6. The molecular weight excluding hydrogens is 269 g/mol. The smallest absolute Gasteiger partial charge is 0.349 e. The molecule has 1 amide bonds. The standard InChI is InChI=1S/C14H17F3N2O/c1-9-8-18-7-6-12(9)19-13(20)10-4-2-3-5-11(10)14(15,16)17/h2-5,9,12,18H,6-8H2,1H3,(H,19,20)/t9-,12-/m0/s1. The van der Waals surface area contributed by atoms with Crippen molar-refractivity contribution < 1.29 is 18.0 Å². The van der Waals surface area contributed by atoms with Crippen LogP contribution in [0.5, 0.6) is 0 Å². The fourth-order valence-corrected chi connectivity index (χ4v) is 2.40. The van der Waals surface area contributed by atoms with Crippen LogP contribution in [0, 0.1) is 5.92 Å². The zero-order valence-corrected chi connectivity index (χ0v) is 11.1. The molecule has 0 aromatic heterocycles. The van der Waals surface area contributed by atoms with Gasteiger partial charge in [-0.05, 0) is 37.6 Å². The zero-order chi connectivity index (χ0) is 14.8. The molecule has 20 heavy (non-hydrogen) atoms. The number of nitrogens with one attached hydrogen (secondary N) is 2. The maximum atomic E-state index is 12.9. The Labute approximate surface area is 115 Å². The van der Waals surface area contributed by atoms with Crippen LogP contribution in [-0.2, 0) is 6.18 Å². The van der Waals surface area contributed by atoms with Gasteiger partial charge in [0.1, 0.15) is 0 Å². The van der Waals surface area contributed by atoms with E-state index in [0.29, 0.717) is 0 Å². The van der Waals surface area contributed by atoms with Crippen LogP contribution in [0.3, 0.4) is 0 Å². The minimum absolute atomic E-state index is 0.0926. The Hall–Kier alpha value is -1.56. The molecule has 1 aromatic rings. The number of benzene rings is 1. The Morgan fingerprint density at radius 1 is 1.35 bits per heavy atom. The lowest BCUT2D eigenvalue weighted by Crippen LogP contribution is -2.48. The van der Waals surface area contributed by atoms with E-state index in [9.17, 15) is 18.0 Å². The Morgan fingerprint density at radius 2 is 2.05 bits per heavy atom. The van der Waals surface area contributed by atoms with Crippen LogP contribution in [0.2, 0.25) is 0 Å². The first-order chi connectivity index (χ1) is 9.39. The number of carbonyl (C=O) groups is 1. The summed E-state index contributed by atoms with van der Waals surface area (Å²) in [5.41, 5.74) is -1.20. The number of hydrogen-bond acceptors (Lipinski definition) is 2. The highest BCUT2D eigenvalue weighted by Crippen LogP contribution is 2.31. The molecule has 0 unspecified atom stereocenters. The number of amides is 1. The molecule has 0 spiro atoms. The van der Waals surface area contributed by atoms with E-state index in [0.717, 1.165) is 25.6 Å². The van der Waals surface area contributed by atoms with Crippen LogP contribution in [0.15, 0.2) is 24.3 Å². The lowest BCUT2D eigenvalue weighted by Gasteiger charge is -2.30. The van der Waals surface area contributed by atoms with Gasteiger partial charge in [0.05, 0.1) is 11.1 Å². The molecule has 0 bridgehead atoms. The molecule has 2 rings (SSSR count). The first-order valence-corrected chi connectivity index (χ1v) is 6.57. The number of alkyl halides is 3. The van der Waals surface area contributed by atoms with Crippen LogP contribution in [-0.4, -0.2) is 25.0 Å². The molecule has 1 saturated heterocycles. The molecule has 1 heterocycles. The monoisotopic (exact) mass is 286 g/mol. The summed E-state index contributed by atoms with van der Waals surface area (Å²) in [5, 5.41) is 5.90. The summed E-state index contributed by atoms with van der Waals surface area (Å²) in [4.78, 5) is 12.1. The van der Waals surface area contributed by atoms with Crippen molar-refractivity contribution in [3.8, 4) is 0 Å². The summed E-state index contributed by atoms with van der Waals surface area (Å²) in [6.45, 7) is 3.48. The van der Waals surface area contributed by atoms with Gasteiger partial charge < -0.3 is 10.6 Å². The third-order valence-corrected chi connectivity index (χ3v) is 3.58. The van der Waals surface area contributed by atoms with E-state index in [2.05, 4.69) is 10.6 Å². The molecule has 1 aromatic carbocycles. The van der Waals surface area contributed by atoms with Gasteiger partial charge in [0.25, 0.3) is 5.91 Å². The number of piperidine rings is 1. The van der Waals surface area contributed by atoms with Gasteiger partial charge in [-0.25, -0.2) is 0 Å². The molecule has 110 valence electrons. The van der Waals surface area contributed by atoms with Gasteiger partial charge in [-0.1, -0.05) is 19.1 Å². The maximum Gasteiger partial charge on any atom is 0.417 e. The first-order valence-electron chi connectivity index (χ1n) is 6.57. The fourth-order valence-electron chi connectivity index (χ4n) is 2.40. The number of carbonyl (C=O) groups excluding carboxylic acids is 1. The Morgan fingerprint density at radius 3 is 2.70 bits per heavy atom. The van der Waals surface area contributed by atoms with Gasteiger partial charge >= 0.3 is 6.18 Å². The molecule has 0 saturated carbocycles. The Balaban J connectivity index is 2.17. The van der Waals surface area contributed by atoms with Crippen molar-refractivity contribution in [3.05, 3.63) is 35.4 Å². The van der Waals surface area contributed by atoms with Crippen molar-refractivity contribution >= 4 is 5.91 Å². The van der Waals surface area contributed by atoms with Crippen LogP contribution < -0.4 is 10.6 Å². The van der Waals surface area contributed by atoms with E-state index < -0.39 is 17.6 Å². The van der Waals surface area contributed by atoms with E-state index in [-0.39, 0.29) is 17.5 Å². The van der Waals surface area contributed by atoms with Crippen LogP contribution in [0.1, 0.15) is 29.3 Å². The van der Waals surface area contributed by atoms with Crippen molar-refractivity contribution in [2.24, 2.45) is 5.92 Å². The van der Waals surface area contributed by atoms with Crippen molar-refractivity contribution in [2.45, 2.75) is 25.6 Å². The predicted molar refractivity (Wildman–Crippen MR) is 69.3 cm³/mol. The molecule has 2 atom stereocenters. The average molecular weight is 286 g/mol. The largest absolute Gasteiger partial charge is 0.417 e. The Kier molecular flexibility index (Phi) is 4.32. The van der Waals surface area contributed by atoms with Gasteiger partial charge in [-0.3, -0.25) is 4.79 Å². The average Bonchev–Trinajstić information content (AvgIpc) is 2.40. The fraction of sp³-hybridized carbons (Fsp3) is 0.500. The molecular formula is C14H17F3N2O. The molecule has 1 fully saturated rings. The third-order valence-electron chi connectivity index (χ3n) is 3.58. The number of rotatable bonds is 2. The lowest BCUT2D eigenvalue weighted by molar-refractivity contribution is -0.137. The second-order valence-corrected chi connectivity index (χ2v) is 5.09. The van der Waals surface area contributed by atoms with Gasteiger partial charge in [-0.2, -0.15) is 13.2 Å². The highest BCUT2D eigenvalue weighted by atomic mass is 19.4. The van der Waals surface area contributed by atoms with Crippen molar-refractivity contribution in [3.63, 3.8) is 0 Å². The number of halogens is 3. The van der Waals surface area contributed by atoms with Crippen molar-refractivity contribution in [2.75, 3.05) is 13.1 Å². The van der Waals surface area contributed by atoms with Crippen molar-refractivity contribution in [1.82, 2.24) is 10.6 Å². The van der Waals surface area contributed by atoms with Crippen LogP contribution >= 0.6 is 0 Å². The summed E-state index contributed by atoms with van der Waals surface area (Å²) >= 11 is 0. The molecule has 0 radical (unpaired) electrons. The summed E-state index contributed by atoms with van der Waals surface area (Å²) in [6.07, 6.45) is -3.80. The maximum absolute atomic E-state index is 12.9. The van der Waals surface area contributed by atoms with E-state index >= 15 is 0 Å². The van der Waals surface area contributed by atoms with Crippen LogP contribution in [0.25, 0.3) is 0 Å². The predicted octanol–water partition coefficient (Wildman–Crippen LogP) is 2.43. The van der Waals surface area contributed by atoms with E-state index in [1.807, 2.05) is 6.92 Å². The molecule has 1 aliphatic rings. The minimum Gasteiger partial charge on any atom is -0.349 e. The highest BCUT2D eigenvalue weighted by molar-refractivity contribution is 5.96. The van der Waals surface area contributed by atoms with Gasteiger partial charge in [0.2, 0.25) is 0 Å². The van der Waals surface area contributed by atoms with Gasteiger partial charge in [0, 0.05) is 6.04 Å². The second kappa shape index (κ2) is 5.83. The normalized spacial score (nSPS) is 23.4. The van der Waals surface area contributed by atoms with Gasteiger partial charge in [0.15, 0.2) is 0 Å². The molecule has 1 aliphatic heterocycles. The number of hydrogen-bond donors (Lipinski definition) is 2. The summed E-state index contributed by atoms with van der Waals surface area (Å²) in [5.74, 6) is -0.456. The lowest BCUT2D eigenvalue weighted by atomic mass is 9.94. The highest BCUT2D eigenvalue weighted by Gasteiger charge is 2.35. The minimum atomic E-state index is -4.52. The van der Waals surface area contributed by atoms with E-state index in [1.165, 1.54) is 18.2 Å². The topological polar surface area (TPSA) is 41.1 Å². The summed E-state index contributed by atoms with van der Waals surface area (Å²) in [7, 11) is 0.